The third-order valence-corrected chi connectivity index (χ3v) is 3.11. The number of carboxylic acids is 1. The highest BCUT2D eigenvalue weighted by Crippen LogP contribution is 2.28. The Morgan fingerprint density at radius 3 is 2.83 bits per heavy atom. The van der Waals surface area contributed by atoms with E-state index in [0.717, 1.165) is 11.1 Å². The molecule has 2 amide bonds. The summed E-state index contributed by atoms with van der Waals surface area (Å²) in [4.78, 5) is 24.6. The van der Waals surface area contributed by atoms with Crippen molar-refractivity contribution < 1.29 is 14.7 Å². The van der Waals surface area contributed by atoms with Gasteiger partial charge in [0, 0.05) is 19.6 Å². The van der Waals surface area contributed by atoms with Gasteiger partial charge >= 0.3 is 12.0 Å². The summed E-state index contributed by atoms with van der Waals surface area (Å²) in [7, 11) is 0. The van der Waals surface area contributed by atoms with Gasteiger partial charge in [-0.05, 0) is 18.1 Å². The Balaban J connectivity index is 2.28. The first-order valence-electron chi connectivity index (χ1n) is 5.97. The van der Waals surface area contributed by atoms with E-state index in [9.17, 15) is 14.7 Å². The van der Waals surface area contributed by atoms with Crippen LogP contribution in [-0.2, 0) is 11.3 Å². The smallest absolute Gasteiger partial charge is 0.317 e. The second-order valence-corrected chi connectivity index (χ2v) is 4.31. The molecule has 0 spiro atoms. The van der Waals surface area contributed by atoms with Gasteiger partial charge in [0.2, 0.25) is 0 Å². The van der Waals surface area contributed by atoms with E-state index in [4.69, 9.17) is 0 Å². The molecule has 0 fully saturated rings. The summed E-state index contributed by atoms with van der Waals surface area (Å²) in [5, 5.41) is 12.0. The lowest BCUT2D eigenvalue weighted by molar-refractivity contribution is -0.139. The molecule has 0 aliphatic carbocycles. The summed E-state index contributed by atoms with van der Waals surface area (Å²) in [5.41, 5.74) is 1.72. The highest BCUT2D eigenvalue weighted by molar-refractivity contribution is 5.80. The van der Waals surface area contributed by atoms with Gasteiger partial charge in [0.1, 0.15) is 0 Å². The third kappa shape index (κ3) is 2.30. The Morgan fingerprint density at radius 2 is 2.17 bits per heavy atom. The zero-order valence-electron chi connectivity index (χ0n) is 10.2. The van der Waals surface area contributed by atoms with Crippen LogP contribution in [0.25, 0.3) is 0 Å². The van der Waals surface area contributed by atoms with E-state index in [-0.39, 0.29) is 12.6 Å². The van der Waals surface area contributed by atoms with Gasteiger partial charge in [0.25, 0.3) is 0 Å². The second kappa shape index (κ2) is 5.08. The topological polar surface area (TPSA) is 69.6 Å². The van der Waals surface area contributed by atoms with E-state index in [2.05, 4.69) is 5.32 Å². The Labute approximate surface area is 105 Å². The first-order chi connectivity index (χ1) is 8.63. The van der Waals surface area contributed by atoms with Crippen LogP contribution in [-0.4, -0.2) is 35.1 Å². The van der Waals surface area contributed by atoms with Gasteiger partial charge < -0.3 is 15.3 Å². The highest BCUT2D eigenvalue weighted by atomic mass is 16.4. The van der Waals surface area contributed by atoms with Crippen LogP contribution in [0.1, 0.15) is 24.0 Å². The second-order valence-electron chi connectivity index (χ2n) is 4.31. The summed E-state index contributed by atoms with van der Waals surface area (Å²) >= 11 is 0. The van der Waals surface area contributed by atoms with E-state index in [1.807, 2.05) is 31.2 Å². The number of carbonyl (C=O) groups excluding carboxylic acids is 1. The zero-order valence-corrected chi connectivity index (χ0v) is 10.2. The highest BCUT2D eigenvalue weighted by Gasteiger charge is 2.32. The normalized spacial score (nSPS) is 18.1. The minimum absolute atomic E-state index is 0.210. The van der Waals surface area contributed by atoms with E-state index < -0.39 is 11.9 Å². The minimum atomic E-state index is -0.892. The van der Waals surface area contributed by atoms with E-state index in [1.165, 1.54) is 0 Å². The summed E-state index contributed by atoms with van der Waals surface area (Å²) in [5.74, 6) is -1.53. The molecule has 96 valence electrons. The Bertz CT molecular complexity index is 473. The molecule has 0 radical (unpaired) electrons. The van der Waals surface area contributed by atoms with Crippen LogP contribution in [0, 0.1) is 0 Å². The number of aliphatic carboxylic acids is 1. The van der Waals surface area contributed by atoms with Crippen LogP contribution in [0.4, 0.5) is 4.79 Å². The van der Waals surface area contributed by atoms with Crippen LogP contribution < -0.4 is 5.32 Å². The monoisotopic (exact) mass is 248 g/mol. The summed E-state index contributed by atoms with van der Waals surface area (Å²) in [6.07, 6.45) is 0. The maximum absolute atomic E-state index is 11.8. The van der Waals surface area contributed by atoms with E-state index >= 15 is 0 Å². The molecule has 5 heteroatoms. The molecular weight excluding hydrogens is 232 g/mol. The van der Waals surface area contributed by atoms with Crippen molar-refractivity contribution in [3.63, 3.8) is 0 Å². The fourth-order valence-electron chi connectivity index (χ4n) is 2.24. The molecule has 1 aliphatic rings. The van der Waals surface area contributed by atoms with Gasteiger partial charge in [-0.2, -0.15) is 0 Å². The number of nitrogens with zero attached hydrogens (tertiary/aromatic N) is 1. The molecule has 2 N–H and O–H groups in total. The predicted octanol–water partition coefficient (Wildman–Crippen LogP) is 1.40. The van der Waals surface area contributed by atoms with Gasteiger partial charge in [0.15, 0.2) is 0 Å². The van der Waals surface area contributed by atoms with Crippen molar-refractivity contribution in [2.45, 2.75) is 19.4 Å². The van der Waals surface area contributed by atoms with Crippen molar-refractivity contribution in [1.82, 2.24) is 10.2 Å². The average Bonchev–Trinajstić information content (AvgIpc) is 2.37. The molecular formula is C13H16N2O3. The van der Waals surface area contributed by atoms with E-state index in [1.54, 1.807) is 4.90 Å². The molecule has 1 aromatic carbocycles. The predicted molar refractivity (Wildman–Crippen MR) is 66.3 cm³/mol. The SMILES string of the molecule is CCNC(=O)N1Cc2ccccc2C(C(=O)O)C1. The number of carboxylic acid groups (broad SMARTS) is 1. The lowest BCUT2D eigenvalue weighted by Crippen LogP contribution is -2.45. The average molecular weight is 248 g/mol. The van der Waals surface area contributed by atoms with Crippen LogP contribution in [0.2, 0.25) is 0 Å². The van der Waals surface area contributed by atoms with E-state index in [0.29, 0.717) is 13.1 Å². The summed E-state index contributed by atoms with van der Waals surface area (Å²) < 4.78 is 0. The summed E-state index contributed by atoms with van der Waals surface area (Å²) in [6.45, 7) is 3.06. The van der Waals surface area contributed by atoms with Crippen molar-refractivity contribution in [3.05, 3.63) is 35.4 Å². The number of hydrogen-bond acceptors (Lipinski definition) is 2. The Kier molecular flexibility index (Phi) is 3.50. The van der Waals surface area contributed by atoms with Gasteiger partial charge in [-0.3, -0.25) is 4.79 Å². The Hall–Kier alpha value is -2.04. The van der Waals surface area contributed by atoms with Crippen molar-refractivity contribution >= 4 is 12.0 Å². The largest absolute Gasteiger partial charge is 0.481 e. The molecule has 2 rings (SSSR count). The molecule has 1 atom stereocenters. The van der Waals surface area contributed by atoms with Gasteiger partial charge in [-0.1, -0.05) is 24.3 Å². The van der Waals surface area contributed by atoms with Crippen molar-refractivity contribution in [1.29, 1.82) is 0 Å². The lowest BCUT2D eigenvalue weighted by Gasteiger charge is -2.32. The molecule has 1 aromatic rings. The maximum Gasteiger partial charge on any atom is 0.317 e. The molecule has 0 aromatic heterocycles. The van der Waals surface area contributed by atoms with Gasteiger partial charge in [0.05, 0.1) is 5.92 Å². The molecule has 0 saturated heterocycles. The summed E-state index contributed by atoms with van der Waals surface area (Å²) in [6, 6.07) is 7.17. The van der Waals surface area contributed by atoms with Crippen LogP contribution >= 0.6 is 0 Å². The molecule has 0 saturated carbocycles. The first-order valence-corrected chi connectivity index (χ1v) is 5.97. The number of fused-ring (bicyclic) bond motifs is 1. The van der Waals surface area contributed by atoms with Crippen molar-refractivity contribution in [2.24, 2.45) is 0 Å². The standard InChI is InChI=1S/C13H16N2O3/c1-2-14-13(18)15-7-9-5-3-4-6-10(9)11(8-15)12(16)17/h3-6,11H,2,7-8H2,1H3,(H,14,18)(H,16,17). The number of rotatable bonds is 2. The zero-order chi connectivity index (χ0) is 13.1. The fraction of sp³-hybridized carbons (Fsp3) is 0.385. The molecule has 5 nitrogen and oxygen atoms in total. The third-order valence-electron chi connectivity index (χ3n) is 3.11. The number of benzene rings is 1. The van der Waals surface area contributed by atoms with Crippen LogP contribution in [0.5, 0.6) is 0 Å². The Morgan fingerprint density at radius 1 is 1.44 bits per heavy atom. The molecule has 1 heterocycles. The molecule has 1 aliphatic heterocycles. The maximum atomic E-state index is 11.8. The van der Waals surface area contributed by atoms with Crippen molar-refractivity contribution in [3.8, 4) is 0 Å². The quantitative estimate of drug-likeness (QED) is 0.831. The number of nitrogens with one attached hydrogen (secondary N) is 1. The number of amides is 2. The first kappa shape index (κ1) is 12.4. The molecule has 1 unspecified atom stereocenters. The number of carbonyl (C=O) groups is 2. The van der Waals surface area contributed by atoms with Crippen LogP contribution in [0.15, 0.2) is 24.3 Å². The van der Waals surface area contributed by atoms with Gasteiger partial charge in [-0.25, -0.2) is 4.79 Å². The number of hydrogen-bond donors (Lipinski definition) is 2. The fourth-order valence-corrected chi connectivity index (χ4v) is 2.24. The van der Waals surface area contributed by atoms with Gasteiger partial charge in [-0.15, -0.1) is 0 Å². The molecule has 18 heavy (non-hydrogen) atoms. The van der Waals surface area contributed by atoms with Crippen LogP contribution in [0.3, 0.4) is 0 Å². The molecule has 0 bridgehead atoms. The van der Waals surface area contributed by atoms with Crippen molar-refractivity contribution in [2.75, 3.05) is 13.1 Å². The lowest BCUT2D eigenvalue weighted by atomic mass is 9.90. The number of urea groups is 1. The minimum Gasteiger partial charge on any atom is -0.481 e.